The van der Waals surface area contributed by atoms with Crippen molar-refractivity contribution in [3.05, 3.63) is 11.6 Å². The molecule has 1 rings (SSSR count). The fraction of sp³-hybridized carbons (Fsp3) is 0.727. The fourth-order valence-electron chi connectivity index (χ4n) is 1.53. The molecule has 0 spiro atoms. The summed E-state index contributed by atoms with van der Waals surface area (Å²) in [6.07, 6.45) is 3.25. The van der Waals surface area contributed by atoms with Crippen molar-refractivity contribution in [3.8, 4) is 0 Å². The van der Waals surface area contributed by atoms with Crippen LogP contribution in [0.3, 0.4) is 0 Å². The highest BCUT2D eigenvalue weighted by atomic mass is 16.7. The first kappa shape index (κ1) is 12.2. The molecule has 0 aromatic heterocycles. The maximum Gasteiger partial charge on any atom is 0.336 e. The van der Waals surface area contributed by atoms with E-state index >= 15 is 0 Å². The van der Waals surface area contributed by atoms with Crippen molar-refractivity contribution < 1.29 is 19.0 Å². The zero-order chi connectivity index (χ0) is 11.3. The number of allylic oxidation sites excluding steroid dienone is 1. The second-order valence-corrected chi connectivity index (χ2v) is 3.55. The zero-order valence-corrected chi connectivity index (χ0v) is 9.49. The Morgan fingerprint density at radius 3 is 2.87 bits per heavy atom. The molecule has 0 aromatic carbocycles. The molecule has 0 saturated carbocycles. The monoisotopic (exact) mass is 214 g/mol. The van der Waals surface area contributed by atoms with E-state index in [1.165, 1.54) is 0 Å². The topological polar surface area (TPSA) is 44.8 Å². The van der Waals surface area contributed by atoms with Crippen LogP contribution in [0.1, 0.15) is 26.7 Å². The van der Waals surface area contributed by atoms with Gasteiger partial charge in [0.15, 0.2) is 0 Å². The van der Waals surface area contributed by atoms with Gasteiger partial charge in [0.1, 0.15) is 19.0 Å². The van der Waals surface area contributed by atoms with Crippen molar-refractivity contribution in [3.63, 3.8) is 0 Å². The van der Waals surface area contributed by atoms with Gasteiger partial charge in [-0.1, -0.05) is 19.4 Å². The van der Waals surface area contributed by atoms with Gasteiger partial charge in [-0.15, -0.1) is 0 Å². The van der Waals surface area contributed by atoms with Gasteiger partial charge in [0, 0.05) is 7.11 Å². The van der Waals surface area contributed by atoms with Gasteiger partial charge in [0.2, 0.25) is 0 Å². The largest absolute Gasteiger partial charge is 0.456 e. The smallest absolute Gasteiger partial charge is 0.336 e. The highest BCUT2D eigenvalue weighted by molar-refractivity contribution is 5.92. The lowest BCUT2D eigenvalue weighted by molar-refractivity contribution is -0.140. The van der Waals surface area contributed by atoms with E-state index in [9.17, 15) is 4.79 Å². The SMILES string of the molecule is CCC/C=C1/C(=O)O[C@@H](C)[C@@H]1OCOC. The lowest BCUT2D eigenvalue weighted by Gasteiger charge is -2.13. The van der Waals surface area contributed by atoms with Crippen molar-refractivity contribution >= 4 is 5.97 Å². The van der Waals surface area contributed by atoms with E-state index < -0.39 is 0 Å². The molecule has 0 aliphatic carbocycles. The number of esters is 1. The Balaban J connectivity index is 2.66. The number of carbonyl (C=O) groups is 1. The lowest BCUT2D eigenvalue weighted by Crippen LogP contribution is -2.23. The Morgan fingerprint density at radius 2 is 2.27 bits per heavy atom. The number of unbranched alkanes of at least 4 members (excludes halogenated alkanes) is 1. The first-order valence-corrected chi connectivity index (χ1v) is 5.22. The Kier molecular flexibility index (Phi) is 4.78. The Labute approximate surface area is 90.2 Å². The normalized spacial score (nSPS) is 28.5. The summed E-state index contributed by atoms with van der Waals surface area (Å²) in [7, 11) is 1.55. The quantitative estimate of drug-likeness (QED) is 0.396. The molecule has 0 radical (unpaired) electrons. The predicted molar refractivity (Wildman–Crippen MR) is 55.3 cm³/mol. The van der Waals surface area contributed by atoms with Crippen LogP contribution in [0.15, 0.2) is 11.6 Å². The summed E-state index contributed by atoms with van der Waals surface area (Å²) in [4.78, 5) is 11.5. The van der Waals surface area contributed by atoms with E-state index in [1.807, 2.05) is 13.0 Å². The first-order valence-electron chi connectivity index (χ1n) is 5.22. The Hall–Kier alpha value is -0.870. The number of hydrogen-bond donors (Lipinski definition) is 0. The number of carbonyl (C=O) groups excluding carboxylic acids is 1. The van der Waals surface area contributed by atoms with Crippen LogP contribution in [0.2, 0.25) is 0 Å². The standard InChI is InChI=1S/C11H18O4/c1-4-5-6-9-10(14-7-13-3)8(2)15-11(9)12/h6,8,10H,4-5,7H2,1-3H3/b9-6+/t8-,10-/m0/s1. The van der Waals surface area contributed by atoms with Gasteiger partial charge in [-0.2, -0.15) is 0 Å². The van der Waals surface area contributed by atoms with Gasteiger partial charge < -0.3 is 14.2 Å². The summed E-state index contributed by atoms with van der Waals surface area (Å²) in [5.74, 6) is -0.267. The van der Waals surface area contributed by atoms with E-state index in [-0.39, 0.29) is 25.0 Å². The molecule has 1 saturated heterocycles. The minimum atomic E-state index is -0.288. The molecule has 0 amide bonds. The van der Waals surface area contributed by atoms with Crippen molar-refractivity contribution in [1.82, 2.24) is 0 Å². The molecule has 4 heteroatoms. The van der Waals surface area contributed by atoms with Gasteiger partial charge in [-0.25, -0.2) is 4.79 Å². The molecule has 1 fully saturated rings. The predicted octanol–water partition coefficient (Wildman–Crippen LogP) is 1.65. The van der Waals surface area contributed by atoms with Gasteiger partial charge in [-0.05, 0) is 13.3 Å². The average molecular weight is 214 g/mol. The average Bonchev–Trinajstić information content (AvgIpc) is 2.47. The van der Waals surface area contributed by atoms with E-state index in [2.05, 4.69) is 6.92 Å². The van der Waals surface area contributed by atoms with Crippen LogP contribution in [0.5, 0.6) is 0 Å². The van der Waals surface area contributed by atoms with Crippen LogP contribution < -0.4 is 0 Å². The first-order chi connectivity index (χ1) is 7.20. The minimum Gasteiger partial charge on any atom is -0.456 e. The van der Waals surface area contributed by atoms with Crippen molar-refractivity contribution in [2.75, 3.05) is 13.9 Å². The molecular weight excluding hydrogens is 196 g/mol. The molecule has 2 atom stereocenters. The molecule has 0 bridgehead atoms. The van der Waals surface area contributed by atoms with Gasteiger partial charge >= 0.3 is 5.97 Å². The summed E-state index contributed by atoms with van der Waals surface area (Å²) in [5.41, 5.74) is 0.626. The van der Waals surface area contributed by atoms with Gasteiger partial charge in [0.25, 0.3) is 0 Å². The minimum absolute atomic E-state index is 0.176. The molecule has 0 N–H and O–H groups in total. The van der Waals surface area contributed by atoms with E-state index in [4.69, 9.17) is 14.2 Å². The summed E-state index contributed by atoms with van der Waals surface area (Å²) >= 11 is 0. The van der Waals surface area contributed by atoms with Crippen LogP contribution in [-0.2, 0) is 19.0 Å². The zero-order valence-electron chi connectivity index (χ0n) is 9.49. The lowest BCUT2D eigenvalue weighted by atomic mass is 10.1. The van der Waals surface area contributed by atoms with E-state index in [0.29, 0.717) is 5.57 Å². The Morgan fingerprint density at radius 1 is 1.53 bits per heavy atom. The summed E-state index contributed by atoms with van der Waals surface area (Å²) in [5, 5.41) is 0. The van der Waals surface area contributed by atoms with Crippen LogP contribution in [0.4, 0.5) is 0 Å². The van der Waals surface area contributed by atoms with Crippen LogP contribution in [0.25, 0.3) is 0 Å². The van der Waals surface area contributed by atoms with E-state index in [1.54, 1.807) is 7.11 Å². The third kappa shape index (κ3) is 3.04. The molecule has 0 aromatic rings. The second-order valence-electron chi connectivity index (χ2n) is 3.55. The summed E-state index contributed by atoms with van der Waals surface area (Å²) in [6.45, 7) is 4.06. The molecule has 4 nitrogen and oxygen atoms in total. The molecule has 1 aliphatic heterocycles. The molecular formula is C11H18O4. The number of rotatable bonds is 5. The van der Waals surface area contributed by atoms with Crippen LogP contribution >= 0.6 is 0 Å². The number of cyclic esters (lactones) is 1. The van der Waals surface area contributed by atoms with E-state index in [0.717, 1.165) is 12.8 Å². The molecule has 1 aliphatic rings. The maximum absolute atomic E-state index is 11.5. The highest BCUT2D eigenvalue weighted by Gasteiger charge is 2.37. The Bertz CT molecular complexity index is 247. The van der Waals surface area contributed by atoms with Crippen molar-refractivity contribution in [1.29, 1.82) is 0 Å². The van der Waals surface area contributed by atoms with Crippen molar-refractivity contribution in [2.45, 2.75) is 38.9 Å². The van der Waals surface area contributed by atoms with Crippen LogP contribution in [0, 0.1) is 0 Å². The third-order valence-electron chi connectivity index (χ3n) is 2.28. The molecule has 86 valence electrons. The molecule has 0 unspecified atom stereocenters. The maximum atomic E-state index is 11.5. The van der Waals surface area contributed by atoms with Gasteiger partial charge in [0.05, 0.1) is 5.57 Å². The van der Waals surface area contributed by atoms with Crippen LogP contribution in [-0.4, -0.2) is 32.1 Å². The number of ether oxygens (including phenoxy) is 3. The second kappa shape index (κ2) is 5.88. The third-order valence-corrected chi connectivity index (χ3v) is 2.28. The summed E-state index contributed by atoms with van der Waals surface area (Å²) in [6, 6.07) is 0. The number of methoxy groups -OCH3 is 1. The molecule has 1 heterocycles. The molecule has 15 heavy (non-hydrogen) atoms. The summed E-state index contributed by atoms with van der Waals surface area (Å²) < 4.78 is 15.3. The van der Waals surface area contributed by atoms with Crippen molar-refractivity contribution in [2.24, 2.45) is 0 Å². The van der Waals surface area contributed by atoms with Gasteiger partial charge in [-0.3, -0.25) is 0 Å². The number of hydrogen-bond acceptors (Lipinski definition) is 4. The highest BCUT2D eigenvalue weighted by Crippen LogP contribution is 2.24. The fourth-order valence-corrected chi connectivity index (χ4v) is 1.53.